The van der Waals surface area contributed by atoms with Gasteiger partial charge in [-0.2, -0.15) is 0 Å². The standard InChI is InChI=1S/C9H10N4O2S2.C7H7NO2/c1-6-11-12-9(16-6)13-17(14,15)8-4-2-7(10)3-5-8;8-6-3-1-5(2-4-6)7(9)10/h2-5H,10H2,1H3,(H,12,13);1-4H,8H2,(H,9,10). The van der Waals surface area contributed by atoms with Crippen LogP contribution in [0.4, 0.5) is 16.5 Å². The Hall–Kier alpha value is -3.18. The fourth-order valence-electron chi connectivity index (χ4n) is 1.78. The number of carboxylic acids is 1. The molecule has 27 heavy (non-hydrogen) atoms. The minimum Gasteiger partial charge on any atom is -0.478 e. The molecule has 1 aromatic heterocycles. The maximum Gasteiger partial charge on any atom is 0.335 e. The van der Waals surface area contributed by atoms with Crippen LogP contribution in [0.3, 0.4) is 0 Å². The summed E-state index contributed by atoms with van der Waals surface area (Å²) in [4.78, 5) is 10.4. The smallest absolute Gasteiger partial charge is 0.335 e. The van der Waals surface area contributed by atoms with Gasteiger partial charge in [0.25, 0.3) is 10.0 Å². The Morgan fingerprint density at radius 1 is 1.00 bits per heavy atom. The van der Waals surface area contributed by atoms with Gasteiger partial charge in [-0.05, 0) is 55.5 Å². The largest absolute Gasteiger partial charge is 0.478 e. The number of hydrogen-bond donors (Lipinski definition) is 4. The normalized spacial score (nSPS) is 10.6. The molecule has 0 unspecified atom stereocenters. The van der Waals surface area contributed by atoms with Crippen molar-refractivity contribution in [1.29, 1.82) is 0 Å². The molecule has 0 amide bonds. The first kappa shape index (κ1) is 20.1. The Labute approximate surface area is 159 Å². The van der Waals surface area contributed by atoms with Crippen molar-refractivity contribution in [3.05, 3.63) is 59.1 Å². The molecule has 0 bridgehead atoms. The van der Waals surface area contributed by atoms with E-state index in [1.54, 1.807) is 19.1 Å². The lowest BCUT2D eigenvalue weighted by Crippen LogP contribution is -2.12. The summed E-state index contributed by atoms with van der Waals surface area (Å²) in [7, 11) is -3.61. The second kappa shape index (κ2) is 8.47. The Morgan fingerprint density at radius 3 is 1.96 bits per heavy atom. The molecule has 0 fully saturated rings. The molecule has 6 N–H and O–H groups in total. The minimum atomic E-state index is -3.61. The summed E-state index contributed by atoms with van der Waals surface area (Å²) in [6, 6.07) is 12.0. The third-order valence-corrected chi connectivity index (χ3v) is 5.33. The highest BCUT2D eigenvalue weighted by atomic mass is 32.2. The van der Waals surface area contributed by atoms with Crippen molar-refractivity contribution in [3.8, 4) is 0 Å². The van der Waals surface area contributed by atoms with E-state index in [9.17, 15) is 13.2 Å². The monoisotopic (exact) mass is 407 g/mol. The lowest BCUT2D eigenvalue weighted by Gasteiger charge is -2.04. The van der Waals surface area contributed by atoms with E-state index in [0.717, 1.165) is 0 Å². The fraction of sp³-hybridized carbons (Fsp3) is 0.0625. The number of nitrogen functional groups attached to an aromatic ring is 2. The molecule has 9 nitrogen and oxygen atoms in total. The van der Waals surface area contributed by atoms with Gasteiger partial charge < -0.3 is 16.6 Å². The van der Waals surface area contributed by atoms with Gasteiger partial charge in [-0.25, -0.2) is 13.2 Å². The third-order valence-electron chi connectivity index (χ3n) is 3.10. The van der Waals surface area contributed by atoms with Gasteiger partial charge in [0, 0.05) is 11.4 Å². The molecule has 0 saturated heterocycles. The number of rotatable bonds is 4. The predicted molar refractivity (Wildman–Crippen MR) is 104 cm³/mol. The van der Waals surface area contributed by atoms with Crippen molar-refractivity contribution in [3.63, 3.8) is 0 Å². The molecule has 1 heterocycles. The number of anilines is 3. The van der Waals surface area contributed by atoms with Gasteiger partial charge in [0.2, 0.25) is 5.13 Å². The van der Waals surface area contributed by atoms with Gasteiger partial charge in [-0.15, -0.1) is 10.2 Å². The summed E-state index contributed by atoms with van der Waals surface area (Å²) >= 11 is 1.18. The van der Waals surface area contributed by atoms with Crippen molar-refractivity contribution in [2.45, 2.75) is 11.8 Å². The SMILES string of the molecule is Cc1nnc(NS(=O)(=O)c2ccc(N)cc2)s1.Nc1ccc(C(=O)O)cc1. The summed E-state index contributed by atoms with van der Waals surface area (Å²) < 4.78 is 26.2. The second-order valence-electron chi connectivity index (χ2n) is 5.23. The van der Waals surface area contributed by atoms with Crippen molar-refractivity contribution < 1.29 is 18.3 Å². The number of sulfonamides is 1. The number of carboxylic acid groups (broad SMARTS) is 1. The molecule has 0 atom stereocenters. The van der Waals surface area contributed by atoms with E-state index in [0.29, 0.717) is 16.4 Å². The van der Waals surface area contributed by atoms with E-state index in [1.165, 1.54) is 47.7 Å². The fourth-order valence-corrected chi connectivity index (χ4v) is 3.61. The molecule has 2 aromatic carbocycles. The minimum absolute atomic E-state index is 0.138. The van der Waals surface area contributed by atoms with Crippen molar-refractivity contribution in [2.24, 2.45) is 0 Å². The van der Waals surface area contributed by atoms with E-state index >= 15 is 0 Å². The number of aromatic nitrogens is 2. The number of benzene rings is 2. The average molecular weight is 407 g/mol. The number of hydrogen-bond acceptors (Lipinski definition) is 8. The summed E-state index contributed by atoms with van der Waals surface area (Å²) in [5, 5.41) is 16.8. The molecule has 0 saturated carbocycles. The zero-order chi connectivity index (χ0) is 20.0. The van der Waals surface area contributed by atoms with Gasteiger partial charge in [0.05, 0.1) is 10.5 Å². The first-order chi connectivity index (χ1) is 12.7. The van der Waals surface area contributed by atoms with Gasteiger partial charge >= 0.3 is 5.97 Å². The number of aryl methyl sites for hydroxylation is 1. The first-order valence-corrected chi connectivity index (χ1v) is 9.74. The number of nitrogens with two attached hydrogens (primary N) is 2. The van der Waals surface area contributed by atoms with E-state index in [4.69, 9.17) is 16.6 Å². The molecular weight excluding hydrogens is 390 g/mol. The van der Waals surface area contributed by atoms with Gasteiger partial charge in [0.1, 0.15) is 5.01 Å². The zero-order valence-corrected chi connectivity index (χ0v) is 15.8. The summed E-state index contributed by atoms with van der Waals surface area (Å²) in [6.07, 6.45) is 0. The Kier molecular flexibility index (Phi) is 6.32. The van der Waals surface area contributed by atoms with E-state index in [2.05, 4.69) is 14.9 Å². The molecule has 0 aliphatic heterocycles. The summed E-state index contributed by atoms with van der Waals surface area (Å²) in [5.41, 5.74) is 12.2. The molecule has 0 spiro atoms. The van der Waals surface area contributed by atoms with Crippen molar-refractivity contribution in [1.82, 2.24) is 10.2 Å². The highest BCUT2D eigenvalue weighted by Crippen LogP contribution is 2.19. The summed E-state index contributed by atoms with van der Waals surface area (Å²) in [5.74, 6) is -0.931. The molecule has 0 aliphatic carbocycles. The van der Waals surface area contributed by atoms with Crippen LogP contribution in [0.5, 0.6) is 0 Å². The molecule has 11 heteroatoms. The number of aromatic carboxylic acids is 1. The Balaban J connectivity index is 0.000000223. The molecular formula is C16H17N5O4S2. The van der Waals surface area contributed by atoms with Crippen LogP contribution in [0.1, 0.15) is 15.4 Å². The van der Waals surface area contributed by atoms with Gasteiger partial charge in [-0.1, -0.05) is 11.3 Å². The molecule has 3 rings (SSSR count). The molecule has 142 valence electrons. The van der Waals surface area contributed by atoms with Crippen LogP contribution >= 0.6 is 11.3 Å². The third kappa shape index (κ3) is 5.94. The lowest BCUT2D eigenvalue weighted by atomic mass is 10.2. The highest BCUT2D eigenvalue weighted by Gasteiger charge is 2.15. The maximum atomic E-state index is 11.9. The zero-order valence-electron chi connectivity index (χ0n) is 14.2. The van der Waals surface area contributed by atoms with Crippen molar-refractivity contribution in [2.75, 3.05) is 16.2 Å². The number of nitrogens with zero attached hydrogens (tertiary/aromatic N) is 2. The van der Waals surface area contributed by atoms with Crippen LogP contribution in [-0.2, 0) is 10.0 Å². The van der Waals surface area contributed by atoms with Gasteiger partial charge in [0.15, 0.2) is 0 Å². The topological polar surface area (TPSA) is 161 Å². The van der Waals surface area contributed by atoms with E-state index in [1.807, 2.05) is 0 Å². The second-order valence-corrected chi connectivity index (χ2v) is 8.09. The molecule has 0 aliphatic rings. The van der Waals surface area contributed by atoms with Crippen LogP contribution < -0.4 is 16.2 Å². The van der Waals surface area contributed by atoms with Crippen LogP contribution in [0, 0.1) is 6.92 Å². The van der Waals surface area contributed by atoms with Crippen LogP contribution in [-0.4, -0.2) is 29.7 Å². The average Bonchev–Trinajstić information content (AvgIpc) is 3.00. The van der Waals surface area contributed by atoms with Crippen molar-refractivity contribution >= 4 is 43.8 Å². The quantitative estimate of drug-likeness (QED) is 0.478. The summed E-state index contributed by atoms with van der Waals surface area (Å²) in [6.45, 7) is 1.75. The highest BCUT2D eigenvalue weighted by molar-refractivity contribution is 7.93. The number of nitrogens with one attached hydrogen (secondary N) is 1. The first-order valence-electron chi connectivity index (χ1n) is 7.44. The Bertz CT molecular complexity index is 1020. The predicted octanol–water partition coefficient (Wildman–Crippen LogP) is 2.20. The molecule has 0 radical (unpaired) electrons. The Morgan fingerprint density at radius 2 is 1.52 bits per heavy atom. The van der Waals surface area contributed by atoms with E-state index in [-0.39, 0.29) is 15.6 Å². The van der Waals surface area contributed by atoms with Crippen LogP contribution in [0.2, 0.25) is 0 Å². The number of carbonyl (C=O) groups is 1. The lowest BCUT2D eigenvalue weighted by molar-refractivity contribution is 0.0697. The maximum absolute atomic E-state index is 11.9. The van der Waals surface area contributed by atoms with Gasteiger partial charge in [-0.3, -0.25) is 4.72 Å². The van der Waals surface area contributed by atoms with E-state index < -0.39 is 16.0 Å². The van der Waals surface area contributed by atoms with Crippen LogP contribution in [0.15, 0.2) is 53.4 Å². The van der Waals surface area contributed by atoms with Crippen LogP contribution in [0.25, 0.3) is 0 Å². The molecule has 3 aromatic rings.